The van der Waals surface area contributed by atoms with Crippen molar-refractivity contribution in [3.8, 4) is 0 Å². The van der Waals surface area contributed by atoms with Crippen LogP contribution < -0.4 is 0 Å². The normalized spacial score (nSPS) is 25.0. The van der Waals surface area contributed by atoms with Crippen molar-refractivity contribution >= 4 is 5.57 Å². The Morgan fingerprint density at radius 2 is 1.41 bits per heavy atom. The molecule has 0 N–H and O–H groups in total. The molecular formula is C29H46. The lowest BCUT2D eigenvalue weighted by Gasteiger charge is -2.29. The molecule has 0 nitrogen and oxygen atoms in total. The van der Waals surface area contributed by atoms with Gasteiger partial charge in [-0.15, -0.1) is 0 Å². The minimum atomic E-state index is 0.819. The van der Waals surface area contributed by atoms with Crippen molar-refractivity contribution in [3.63, 3.8) is 0 Å². The lowest BCUT2D eigenvalue weighted by Crippen LogP contribution is -2.13. The van der Waals surface area contributed by atoms with Crippen molar-refractivity contribution in [3.05, 3.63) is 41.5 Å². The molecule has 0 bridgehead atoms. The lowest BCUT2D eigenvalue weighted by atomic mass is 9.76. The average molecular weight is 395 g/mol. The highest BCUT2D eigenvalue weighted by Crippen LogP contribution is 2.39. The van der Waals surface area contributed by atoms with Crippen molar-refractivity contribution in [2.45, 2.75) is 122 Å². The molecule has 1 atom stereocenters. The summed E-state index contributed by atoms with van der Waals surface area (Å²) in [6.45, 7) is 4.63. The average Bonchev–Trinajstić information content (AvgIpc) is 2.78. The number of unbranched alkanes of at least 4 members (excludes halogenated alkanes) is 5. The van der Waals surface area contributed by atoms with E-state index in [0.29, 0.717) is 0 Å². The summed E-state index contributed by atoms with van der Waals surface area (Å²) in [5.41, 5.74) is 4.69. The molecule has 1 aromatic carbocycles. The van der Waals surface area contributed by atoms with E-state index in [1.165, 1.54) is 108 Å². The first kappa shape index (κ1) is 22.6. The third-order valence-electron chi connectivity index (χ3n) is 7.78. The Kier molecular flexibility index (Phi) is 9.84. The summed E-state index contributed by atoms with van der Waals surface area (Å²) in [6, 6.07) is 9.74. The molecule has 0 amide bonds. The van der Waals surface area contributed by atoms with Crippen LogP contribution in [0.4, 0.5) is 0 Å². The molecule has 0 spiro atoms. The summed E-state index contributed by atoms with van der Waals surface area (Å²) in [4.78, 5) is 0. The van der Waals surface area contributed by atoms with Gasteiger partial charge in [0.05, 0.1) is 0 Å². The maximum atomic E-state index is 2.53. The van der Waals surface area contributed by atoms with Crippen LogP contribution in [0.3, 0.4) is 0 Å². The summed E-state index contributed by atoms with van der Waals surface area (Å²) in [5, 5.41) is 0. The summed E-state index contributed by atoms with van der Waals surface area (Å²) in [6.07, 6.45) is 25.2. The number of hydrogen-bond donors (Lipinski definition) is 0. The third kappa shape index (κ3) is 7.30. The van der Waals surface area contributed by atoms with E-state index in [-0.39, 0.29) is 0 Å². The number of rotatable bonds is 11. The summed E-state index contributed by atoms with van der Waals surface area (Å²) in [5.74, 6) is 2.77. The zero-order valence-corrected chi connectivity index (χ0v) is 19.4. The molecule has 3 rings (SSSR count). The van der Waals surface area contributed by atoms with Crippen LogP contribution in [0, 0.1) is 11.8 Å². The standard InChI is InChI=1S/C29H46/c1-3-5-6-7-8-9-11-25-14-18-27(19-15-25)29-22-20-28(21-23-29)26-16-12-24(10-4-2)13-17-26/h16,20-25,27H,3-15,17-19H2,1-2H3. The van der Waals surface area contributed by atoms with E-state index in [9.17, 15) is 0 Å². The molecule has 0 heteroatoms. The molecule has 1 saturated carbocycles. The van der Waals surface area contributed by atoms with E-state index in [4.69, 9.17) is 0 Å². The van der Waals surface area contributed by atoms with Gasteiger partial charge >= 0.3 is 0 Å². The fourth-order valence-electron chi connectivity index (χ4n) is 5.79. The fraction of sp³-hybridized carbons (Fsp3) is 0.724. The van der Waals surface area contributed by atoms with Crippen molar-refractivity contribution in [2.75, 3.05) is 0 Å². The van der Waals surface area contributed by atoms with Gasteiger partial charge in [-0.25, -0.2) is 0 Å². The first-order valence-electron chi connectivity index (χ1n) is 13.1. The zero-order chi connectivity index (χ0) is 20.3. The van der Waals surface area contributed by atoms with E-state index < -0.39 is 0 Å². The van der Waals surface area contributed by atoms with Gasteiger partial charge in [0, 0.05) is 0 Å². The Hall–Kier alpha value is -1.04. The first-order valence-corrected chi connectivity index (χ1v) is 13.1. The minimum Gasteiger partial charge on any atom is -0.0804 e. The highest BCUT2D eigenvalue weighted by Gasteiger charge is 2.22. The molecule has 2 aliphatic carbocycles. The van der Waals surface area contributed by atoms with E-state index in [2.05, 4.69) is 44.2 Å². The molecule has 0 aromatic heterocycles. The number of benzene rings is 1. The Labute approximate surface area is 181 Å². The van der Waals surface area contributed by atoms with Crippen LogP contribution in [0.2, 0.25) is 0 Å². The fourth-order valence-corrected chi connectivity index (χ4v) is 5.79. The van der Waals surface area contributed by atoms with Gasteiger partial charge in [0.15, 0.2) is 0 Å². The molecule has 29 heavy (non-hydrogen) atoms. The van der Waals surface area contributed by atoms with Crippen molar-refractivity contribution < 1.29 is 0 Å². The van der Waals surface area contributed by atoms with Crippen LogP contribution in [0.1, 0.15) is 134 Å². The Bertz CT molecular complexity index is 585. The number of allylic oxidation sites excluding steroid dienone is 2. The molecule has 0 radical (unpaired) electrons. The van der Waals surface area contributed by atoms with Gasteiger partial charge in [-0.1, -0.05) is 102 Å². The summed E-state index contributed by atoms with van der Waals surface area (Å²) >= 11 is 0. The van der Waals surface area contributed by atoms with Crippen LogP contribution >= 0.6 is 0 Å². The highest BCUT2D eigenvalue weighted by molar-refractivity contribution is 5.66. The number of hydrogen-bond acceptors (Lipinski definition) is 0. The first-order chi connectivity index (χ1) is 14.3. The van der Waals surface area contributed by atoms with Gasteiger partial charge < -0.3 is 0 Å². The van der Waals surface area contributed by atoms with Gasteiger partial charge in [0.2, 0.25) is 0 Å². The predicted octanol–water partition coefficient (Wildman–Crippen LogP) is 9.69. The van der Waals surface area contributed by atoms with E-state index in [1.54, 1.807) is 11.1 Å². The van der Waals surface area contributed by atoms with Crippen LogP contribution in [-0.4, -0.2) is 0 Å². The van der Waals surface area contributed by atoms with Crippen LogP contribution in [0.25, 0.3) is 5.57 Å². The third-order valence-corrected chi connectivity index (χ3v) is 7.78. The molecular weight excluding hydrogens is 348 g/mol. The molecule has 2 aliphatic rings. The molecule has 1 unspecified atom stereocenters. The predicted molar refractivity (Wildman–Crippen MR) is 129 cm³/mol. The van der Waals surface area contributed by atoms with E-state index in [1.807, 2.05) is 0 Å². The van der Waals surface area contributed by atoms with Crippen LogP contribution in [0.15, 0.2) is 30.3 Å². The molecule has 0 heterocycles. The van der Waals surface area contributed by atoms with Crippen LogP contribution in [-0.2, 0) is 0 Å². The monoisotopic (exact) mass is 394 g/mol. The Morgan fingerprint density at radius 3 is 2.07 bits per heavy atom. The van der Waals surface area contributed by atoms with Crippen molar-refractivity contribution in [1.82, 2.24) is 0 Å². The molecule has 162 valence electrons. The summed E-state index contributed by atoms with van der Waals surface area (Å²) < 4.78 is 0. The van der Waals surface area contributed by atoms with Crippen molar-refractivity contribution in [2.24, 2.45) is 11.8 Å². The summed E-state index contributed by atoms with van der Waals surface area (Å²) in [7, 11) is 0. The van der Waals surface area contributed by atoms with Gasteiger partial charge in [-0.2, -0.15) is 0 Å². The van der Waals surface area contributed by atoms with Crippen LogP contribution in [0.5, 0.6) is 0 Å². The molecule has 1 fully saturated rings. The smallest absolute Gasteiger partial charge is 0.0162 e. The maximum Gasteiger partial charge on any atom is -0.0162 e. The Morgan fingerprint density at radius 1 is 0.690 bits per heavy atom. The van der Waals surface area contributed by atoms with Gasteiger partial charge in [0.25, 0.3) is 0 Å². The molecule has 0 aliphatic heterocycles. The zero-order valence-electron chi connectivity index (χ0n) is 19.4. The van der Waals surface area contributed by atoms with E-state index >= 15 is 0 Å². The lowest BCUT2D eigenvalue weighted by molar-refractivity contribution is 0.302. The second kappa shape index (κ2) is 12.6. The minimum absolute atomic E-state index is 0.819. The molecule has 0 saturated heterocycles. The molecule has 1 aromatic rings. The van der Waals surface area contributed by atoms with E-state index in [0.717, 1.165) is 17.8 Å². The van der Waals surface area contributed by atoms with Crippen molar-refractivity contribution in [1.29, 1.82) is 0 Å². The highest BCUT2D eigenvalue weighted by atomic mass is 14.3. The topological polar surface area (TPSA) is 0 Å². The van der Waals surface area contributed by atoms with Gasteiger partial charge in [-0.05, 0) is 79.4 Å². The maximum absolute atomic E-state index is 2.53. The Balaban J connectivity index is 1.39. The second-order valence-corrected chi connectivity index (χ2v) is 10.1. The quantitative estimate of drug-likeness (QED) is 0.328. The largest absolute Gasteiger partial charge is 0.0804 e. The van der Waals surface area contributed by atoms with Gasteiger partial charge in [-0.3, -0.25) is 0 Å². The SMILES string of the molecule is CCCCCCCCC1CCC(c2ccc(C3=CCC(CCC)CC3)cc2)CC1. The van der Waals surface area contributed by atoms with Gasteiger partial charge in [0.1, 0.15) is 0 Å². The second-order valence-electron chi connectivity index (χ2n) is 10.1.